The summed E-state index contributed by atoms with van der Waals surface area (Å²) in [5.74, 6) is -1.51. The molecule has 0 fully saturated rings. The van der Waals surface area contributed by atoms with Gasteiger partial charge in [0.25, 0.3) is 0 Å². The van der Waals surface area contributed by atoms with Crippen LogP contribution in [0.1, 0.15) is 55.8 Å². The maximum Gasteiger partial charge on any atom is 0.540 e. The summed E-state index contributed by atoms with van der Waals surface area (Å²) in [6.45, 7) is 4.99. The van der Waals surface area contributed by atoms with Gasteiger partial charge in [-0.3, -0.25) is 0 Å². The topological polar surface area (TPSA) is 134 Å². The minimum Gasteiger partial charge on any atom is -0.496 e. The third kappa shape index (κ3) is 9.36. The Morgan fingerprint density at radius 1 is 0.462 bits per heavy atom. The monoisotopic (exact) mass is 732 g/mol. The van der Waals surface area contributed by atoms with Gasteiger partial charge in [0.1, 0.15) is 17.2 Å². The molecule has 12 nitrogen and oxygen atoms in total. The number of rotatable bonds is 19. The molecule has 0 radical (unpaired) electrons. The zero-order valence-electron chi connectivity index (χ0n) is 30.1. The zero-order chi connectivity index (χ0) is 37.5. The Hall–Kier alpha value is -5.21. The van der Waals surface area contributed by atoms with E-state index >= 15 is 0 Å². The second-order valence-electron chi connectivity index (χ2n) is 10.9. The first-order chi connectivity index (χ1) is 25.3. The van der Waals surface area contributed by atoms with Crippen LogP contribution in [-0.2, 0) is 41.9 Å². The van der Waals surface area contributed by atoms with E-state index in [1.807, 2.05) is 0 Å². The number of benzene rings is 4. The van der Waals surface area contributed by atoms with Gasteiger partial charge in [0.05, 0.1) is 41.2 Å². The summed E-state index contributed by atoms with van der Waals surface area (Å²) in [6.07, 6.45) is -4.66. The van der Waals surface area contributed by atoms with E-state index in [4.69, 9.17) is 41.7 Å². The lowest BCUT2D eigenvalue weighted by molar-refractivity contribution is -0.163. The van der Waals surface area contributed by atoms with E-state index in [1.165, 1.54) is 21.3 Å². The largest absolute Gasteiger partial charge is 0.540 e. The van der Waals surface area contributed by atoms with Gasteiger partial charge in [0.15, 0.2) is 18.3 Å². The standard InChI is InChI=1S/C39H44O12Si/c1-7-46-37(40)34(28-21-13-16-24-31(28)43-4)49-52(27-19-11-10-12-20-27,50-35(38(41)47-8-2)29-22-14-17-25-32(29)44-5)51-36(39(42)48-9-3)30-23-15-18-26-33(30)45-6/h10-26,34-36H,7-9H2,1-6H3. The SMILES string of the molecule is CCOC(=O)C(O[Si](OC(C(=O)OCC)c1ccccc1OC)(OC(C(=O)OCC)c1ccccc1OC)c1ccccc1)c1ccccc1OC. The number of esters is 3. The van der Waals surface area contributed by atoms with Crippen molar-refractivity contribution in [3.05, 3.63) is 120 Å². The molecule has 0 aromatic heterocycles. The van der Waals surface area contributed by atoms with Crippen LogP contribution in [-0.4, -0.2) is 67.9 Å². The molecule has 4 aromatic carbocycles. The lowest BCUT2D eigenvalue weighted by Gasteiger charge is -2.37. The molecule has 0 saturated carbocycles. The highest BCUT2D eigenvalue weighted by Gasteiger charge is 2.55. The Labute approximate surface area is 304 Å². The van der Waals surface area contributed by atoms with Crippen LogP contribution >= 0.6 is 0 Å². The Bertz CT molecular complexity index is 1590. The fraction of sp³-hybridized carbons (Fsp3) is 0.308. The van der Waals surface area contributed by atoms with Crippen LogP contribution in [0.25, 0.3) is 0 Å². The van der Waals surface area contributed by atoms with Gasteiger partial charge in [0, 0.05) is 21.9 Å². The van der Waals surface area contributed by atoms with Crippen LogP contribution in [0.3, 0.4) is 0 Å². The molecule has 0 N–H and O–H groups in total. The van der Waals surface area contributed by atoms with Gasteiger partial charge >= 0.3 is 26.7 Å². The van der Waals surface area contributed by atoms with Crippen molar-refractivity contribution in [3.8, 4) is 17.2 Å². The van der Waals surface area contributed by atoms with Gasteiger partial charge in [-0.1, -0.05) is 84.9 Å². The molecule has 276 valence electrons. The summed E-state index contributed by atoms with van der Waals surface area (Å²) >= 11 is 0. The number of ether oxygens (including phenoxy) is 6. The molecule has 0 amide bonds. The smallest absolute Gasteiger partial charge is 0.496 e. The van der Waals surface area contributed by atoms with E-state index in [-0.39, 0.29) is 41.7 Å². The minimum atomic E-state index is -4.86. The molecule has 52 heavy (non-hydrogen) atoms. The van der Waals surface area contributed by atoms with Crippen molar-refractivity contribution in [2.45, 2.75) is 39.1 Å². The lowest BCUT2D eigenvalue weighted by atomic mass is 10.1. The first kappa shape index (κ1) is 39.6. The summed E-state index contributed by atoms with van der Waals surface area (Å²) in [5.41, 5.74) is 0.829. The Morgan fingerprint density at radius 3 is 1.04 bits per heavy atom. The van der Waals surface area contributed by atoms with E-state index in [1.54, 1.807) is 124 Å². The van der Waals surface area contributed by atoms with Crippen LogP contribution in [0.4, 0.5) is 0 Å². The predicted molar refractivity (Wildman–Crippen MR) is 192 cm³/mol. The first-order valence-corrected chi connectivity index (χ1v) is 18.5. The van der Waals surface area contributed by atoms with Crippen LogP contribution in [0.2, 0.25) is 0 Å². The van der Waals surface area contributed by atoms with Gasteiger partial charge in [-0.15, -0.1) is 0 Å². The molecule has 3 atom stereocenters. The number of carbonyl (C=O) groups is 3. The molecule has 0 aliphatic heterocycles. The van der Waals surface area contributed by atoms with Crippen LogP contribution in [0.15, 0.2) is 103 Å². The van der Waals surface area contributed by atoms with Crippen LogP contribution in [0, 0.1) is 0 Å². The van der Waals surface area contributed by atoms with Crippen molar-refractivity contribution in [1.29, 1.82) is 0 Å². The summed E-state index contributed by atoms with van der Waals surface area (Å²) in [4.78, 5) is 42.0. The number of hydrogen-bond donors (Lipinski definition) is 0. The van der Waals surface area contributed by atoms with Crippen LogP contribution < -0.4 is 19.4 Å². The second-order valence-corrected chi connectivity index (χ2v) is 13.3. The summed E-state index contributed by atoms with van der Waals surface area (Å²) in [6, 6.07) is 28.7. The fourth-order valence-electron chi connectivity index (χ4n) is 5.41. The van der Waals surface area contributed by atoms with Crippen molar-refractivity contribution >= 4 is 31.9 Å². The third-order valence-electron chi connectivity index (χ3n) is 7.71. The average Bonchev–Trinajstić information content (AvgIpc) is 3.18. The van der Waals surface area contributed by atoms with E-state index in [9.17, 15) is 14.4 Å². The average molecular weight is 733 g/mol. The summed E-state index contributed by atoms with van der Waals surface area (Å²) in [5, 5.41) is 0.285. The normalized spacial score (nSPS) is 13.8. The summed E-state index contributed by atoms with van der Waals surface area (Å²) < 4.78 is 54.3. The molecule has 0 spiro atoms. The van der Waals surface area contributed by atoms with E-state index < -0.39 is 45.0 Å². The Balaban J connectivity index is 2.10. The second kappa shape index (κ2) is 19.4. The maximum absolute atomic E-state index is 14.0. The molecule has 0 aliphatic carbocycles. The van der Waals surface area contributed by atoms with Crippen molar-refractivity contribution < 1.29 is 56.1 Å². The molecule has 0 aliphatic rings. The number of hydrogen-bond acceptors (Lipinski definition) is 12. The van der Waals surface area contributed by atoms with Gasteiger partial charge < -0.3 is 41.7 Å². The lowest BCUT2D eigenvalue weighted by Crippen LogP contribution is -2.60. The van der Waals surface area contributed by atoms with Crippen molar-refractivity contribution in [1.82, 2.24) is 0 Å². The molecule has 0 saturated heterocycles. The maximum atomic E-state index is 14.0. The first-order valence-electron chi connectivity index (χ1n) is 16.7. The van der Waals surface area contributed by atoms with Gasteiger partial charge in [-0.25, -0.2) is 14.4 Å². The highest BCUT2D eigenvalue weighted by Crippen LogP contribution is 2.40. The van der Waals surface area contributed by atoms with E-state index in [0.29, 0.717) is 17.2 Å². The summed E-state index contributed by atoms with van der Waals surface area (Å²) in [7, 11) is -0.507. The van der Waals surface area contributed by atoms with Gasteiger partial charge in [-0.05, 0) is 39.0 Å². The highest BCUT2D eigenvalue weighted by molar-refractivity contribution is 6.75. The molecule has 4 rings (SSSR count). The minimum absolute atomic E-state index is 0.00871. The van der Waals surface area contributed by atoms with Crippen LogP contribution in [0.5, 0.6) is 17.2 Å². The number of carbonyl (C=O) groups excluding carboxylic acids is 3. The van der Waals surface area contributed by atoms with E-state index in [0.717, 1.165) is 0 Å². The Kier molecular flexibility index (Phi) is 14.8. The van der Waals surface area contributed by atoms with Crippen molar-refractivity contribution in [2.75, 3.05) is 41.2 Å². The zero-order valence-corrected chi connectivity index (χ0v) is 31.1. The number of para-hydroxylation sites is 3. The molecule has 3 unspecified atom stereocenters. The number of methoxy groups -OCH3 is 3. The Morgan fingerprint density at radius 2 is 0.750 bits per heavy atom. The molecule has 4 aromatic rings. The third-order valence-corrected chi connectivity index (χ3v) is 10.4. The highest BCUT2D eigenvalue weighted by atomic mass is 28.4. The van der Waals surface area contributed by atoms with Gasteiger partial charge in [0.2, 0.25) is 0 Å². The predicted octanol–water partition coefficient (Wildman–Crippen LogP) is 5.82. The molecule has 13 heteroatoms. The molecular formula is C39H44O12Si. The molecule has 0 bridgehead atoms. The fourth-order valence-corrected chi connectivity index (χ4v) is 8.19. The van der Waals surface area contributed by atoms with E-state index in [2.05, 4.69) is 0 Å². The van der Waals surface area contributed by atoms with Gasteiger partial charge in [-0.2, -0.15) is 0 Å². The van der Waals surface area contributed by atoms with Crippen molar-refractivity contribution in [3.63, 3.8) is 0 Å². The molecule has 0 heterocycles. The molecular weight excluding hydrogens is 689 g/mol. The van der Waals surface area contributed by atoms with Crippen molar-refractivity contribution in [2.24, 2.45) is 0 Å². The quantitative estimate of drug-likeness (QED) is 0.0653.